The predicted molar refractivity (Wildman–Crippen MR) is 118 cm³/mol. The van der Waals surface area contributed by atoms with Gasteiger partial charge in [0.1, 0.15) is 6.61 Å². The van der Waals surface area contributed by atoms with Crippen molar-refractivity contribution in [3.05, 3.63) is 77.5 Å². The smallest absolute Gasteiger partial charge is 0.257 e. The molecule has 154 valence electrons. The van der Waals surface area contributed by atoms with Crippen LogP contribution >= 0.6 is 0 Å². The first-order valence-electron chi connectivity index (χ1n) is 10.1. The van der Waals surface area contributed by atoms with E-state index in [1.165, 1.54) is 28.5 Å². The number of nitrogens with zero attached hydrogens (tertiary/aromatic N) is 1. The van der Waals surface area contributed by atoms with Gasteiger partial charge in [-0.3, -0.25) is 4.79 Å². The first kappa shape index (κ1) is 20.1. The van der Waals surface area contributed by atoms with Gasteiger partial charge in [-0.1, -0.05) is 30.3 Å². The Morgan fingerprint density at radius 1 is 1.00 bits per heavy atom. The molecule has 0 spiro atoms. The van der Waals surface area contributed by atoms with E-state index < -0.39 is 0 Å². The molecule has 0 atom stereocenters. The van der Waals surface area contributed by atoms with Gasteiger partial charge in [0.15, 0.2) is 0 Å². The van der Waals surface area contributed by atoms with Crippen LogP contribution in [-0.2, 0) is 11.2 Å². The molecule has 30 heavy (non-hydrogen) atoms. The minimum Gasteiger partial charge on any atom is -0.475 e. The van der Waals surface area contributed by atoms with Crippen LogP contribution in [-0.4, -0.2) is 29.7 Å². The third-order valence-electron chi connectivity index (χ3n) is 4.92. The molecule has 0 radical (unpaired) electrons. The van der Waals surface area contributed by atoms with Gasteiger partial charge in [0.2, 0.25) is 5.88 Å². The fraction of sp³-hybridized carbons (Fsp3) is 0.280. The monoisotopic (exact) mass is 402 g/mol. The highest BCUT2D eigenvalue weighted by Crippen LogP contribution is 2.37. The van der Waals surface area contributed by atoms with Crippen LogP contribution in [0.15, 0.2) is 60.8 Å². The second-order valence-electron chi connectivity index (χ2n) is 8.35. The predicted octanol–water partition coefficient (Wildman–Crippen LogP) is 5.10. The molecule has 3 aromatic rings. The molecule has 1 N–H and O–H groups in total. The maximum Gasteiger partial charge on any atom is 0.257 e. The van der Waals surface area contributed by atoms with Gasteiger partial charge in [-0.25, -0.2) is 4.98 Å². The molecule has 4 rings (SSSR count). The molecule has 1 aliphatic rings. The number of carbonyl (C=O) groups is 1. The minimum atomic E-state index is -0.195. The number of anilines is 1. The molecule has 0 bridgehead atoms. The summed E-state index contributed by atoms with van der Waals surface area (Å²) in [6, 6.07) is 17.9. The number of aromatic nitrogens is 1. The Kier molecular flexibility index (Phi) is 5.55. The lowest BCUT2D eigenvalue weighted by molar-refractivity contribution is -0.0168. The largest absolute Gasteiger partial charge is 0.475 e. The van der Waals surface area contributed by atoms with E-state index in [9.17, 15) is 4.79 Å². The molecule has 1 heterocycles. The van der Waals surface area contributed by atoms with E-state index in [0.717, 1.165) is 12.1 Å². The van der Waals surface area contributed by atoms with Crippen LogP contribution in [0.2, 0.25) is 0 Å². The summed E-state index contributed by atoms with van der Waals surface area (Å²) in [5.41, 5.74) is 6.14. The molecule has 1 aromatic heterocycles. The zero-order valence-corrected chi connectivity index (χ0v) is 17.6. The molecule has 0 unspecified atom stereocenters. The number of hydrogen-bond donors (Lipinski definition) is 1. The maximum atomic E-state index is 12.6. The molecular formula is C25H26N2O3. The normalized spacial score (nSPS) is 12.2. The Balaban J connectivity index is 1.35. The van der Waals surface area contributed by atoms with Crippen molar-refractivity contribution in [1.82, 2.24) is 4.98 Å². The van der Waals surface area contributed by atoms with Gasteiger partial charge in [0, 0.05) is 18.0 Å². The van der Waals surface area contributed by atoms with Crippen LogP contribution in [0.25, 0.3) is 11.1 Å². The lowest BCUT2D eigenvalue weighted by Crippen LogP contribution is -2.22. The molecular weight excluding hydrogens is 376 g/mol. The highest BCUT2D eigenvalue weighted by atomic mass is 16.5. The van der Waals surface area contributed by atoms with Crippen LogP contribution in [0.3, 0.4) is 0 Å². The first-order valence-corrected chi connectivity index (χ1v) is 10.1. The van der Waals surface area contributed by atoms with E-state index in [-0.39, 0.29) is 11.5 Å². The Labute approximate surface area is 177 Å². The van der Waals surface area contributed by atoms with E-state index in [0.29, 0.717) is 24.7 Å². The van der Waals surface area contributed by atoms with Crippen molar-refractivity contribution in [3.8, 4) is 17.0 Å². The number of benzene rings is 2. The summed E-state index contributed by atoms with van der Waals surface area (Å²) in [5, 5.41) is 2.96. The highest BCUT2D eigenvalue weighted by Gasteiger charge is 2.18. The van der Waals surface area contributed by atoms with E-state index in [2.05, 4.69) is 40.6 Å². The van der Waals surface area contributed by atoms with Crippen molar-refractivity contribution in [2.24, 2.45) is 0 Å². The molecule has 0 saturated carbocycles. The van der Waals surface area contributed by atoms with Crippen LogP contribution in [0.4, 0.5) is 5.69 Å². The van der Waals surface area contributed by atoms with Gasteiger partial charge in [-0.15, -0.1) is 0 Å². The van der Waals surface area contributed by atoms with E-state index in [1.54, 1.807) is 12.1 Å². The fourth-order valence-corrected chi connectivity index (χ4v) is 3.52. The molecule has 5 nitrogen and oxygen atoms in total. The average Bonchev–Trinajstić information content (AvgIpc) is 3.08. The van der Waals surface area contributed by atoms with Crippen LogP contribution in [0.1, 0.15) is 42.3 Å². The number of nitrogens with one attached hydrogen (secondary N) is 1. The zero-order valence-electron chi connectivity index (χ0n) is 17.6. The van der Waals surface area contributed by atoms with Crippen LogP contribution < -0.4 is 10.1 Å². The van der Waals surface area contributed by atoms with E-state index in [4.69, 9.17) is 9.47 Å². The number of amides is 1. The Bertz CT molecular complexity index is 1050. The Morgan fingerprint density at radius 3 is 2.57 bits per heavy atom. The molecule has 0 saturated heterocycles. The van der Waals surface area contributed by atoms with Crippen molar-refractivity contribution in [2.45, 2.75) is 32.8 Å². The molecule has 1 aliphatic carbocycles. The van der Waals surface area contributed by atoms with Crippen molar-refractivity contribution < 1.29 is 14.3 Å². The molecule has 0 fully saturated rings. The van der Waals surface area contributed by atoms with Crippen LogP contribution in [0.5, 0.6) is 5.88 Å². The molecule has 2 aromatic carbocycles. The van der Waals surface area contributed by atoms with Crippen molar-refractivity contribution in [2.75, 3.05) is 18.5 Å². The van der Waals surface area contributed by atoms with Crippen LogP contribution in [0, 0.1) is 0 Å². The Hall–Kier alpha value is -3.18. The number of rotatable bonds is 6. The summed E-state index contributed by atoms with van der Waals surface area (Å²) in [7, 11) is 0. The second kappa shape index (κ2) is 8.28. The summed E-state index contributed by atoms with van der Waals surface area (Å²) in [5.74, 6) is 0.278. The standard InChI is InChI=1S/C25H26N2O3/c1-25(2,3)30-13-12-29-23-11-8-18(16-26-23)24(28)27-20-9-10-22-19(15-20)14-17-6-4-5-7-21(17)22/h4-11,15-16H,12-14H2,1-3H3,(H,27,28). The maximum absolute atomic E-state index is 12.6. The van der Waals surface area contributed by atoms with E-state index >= 15 is 0 Å². The average molecular weight is 402 g/mol. The van der Waals surface area contributed by atoms with Gasteiger partial charge in [-0.05, 0) is 67.6 Å². The van der Waals surface area contributed by atoms with E-state index in [1.807, 2.05) is 32.9 Å². The van der Waals surface area contributed by atoms with Crippen molar-refractivity contribution >= 4 is 11.6 Å². The lowest BCUT2D eigenvalue weighted by Gasteiger charge is -2.19. The summed E-state index contributed by atoms with van der Waals surface area (Å²) in [4.78, 5) is 16.8. The minimum absolute atomic E-state index is 0.194. The highest BCUT2D eigenvalue weighted by molar-refractivity contribution is 6.04. The third-order valence-corrected chi connectivity index (χ3v) is 4.92. The second-order valence-corrected chi connectivity index (χ2v) is 8.35. The molecule has 5 heteroatoms. The van der Waals surface area contributed by atoms with Crippen molar-refractivity contribution in [3.63, 3.8) is 0 Å². The molecule has 0 aliphatic heterocycles. The first-order chi connectivity index (χ1) is 14.4. The van der Waals surface area contributed by atoms with Crippen molar-refractivity contribution in [1.29, 1.82) is 0 Å². The Morgan fingerprint density at radius 2 is 1.80 bits per heavy atom. The third kappa shape index (κ3) is 4.69. The number of hydrogen-bond acceptors (Lipinski definition) is 4. The number of carbonyl (C=O) groups excluding carboxylic acids is 1. The number of pyridine rings is 1. The quantitative estimate of drug-likeness (QED) is 0.456. The van der Waals surface area contributed by atoms with Gasteiger partial charge < -0.3 is 14.8 Å². The fourth-order valence-electron chi connectivity index (χ4n) is 3.52. The summed E-state index contributed by atoms with van der Waals surface area (Å²) in [6.45, 7) is 6.89. The van der Waals surface area contributed by atoms with Gasteiger partial charge >= 0.3 is 0 Å². The SMILES string of the molecule is CC(C)(C)OCCOc1ccc(C(=O)Nc2ccc3c(c2)Cc2ccccc2-3)cn1. The van der Waals surface area contributed by atoms with Gasteiger partial charge in [0.25, 0.3) is 5.91 Å². The molecule has 1 amide bonds. The zero-order chi connectivity index (χ0) is 21.1. The number of ether oxygens (including phenoxy) is 2. The van der Waals surface area contributed by atoms with Gasteiger partial charge in [-0.2, -0.15) is 0 Å². The summed E-state index contributed by atoms with van der Waals surface area (Å²) < 4.78 is 11.2. The van der Waals surface area contributed by atoms with Gasteiger partial charge in [0.05, 0.1) is 17.8 Å². The number of fused-ring (bicyclic) bond motifs is 3. The summed E-state index contributed by atoms with van der Waals surface area (Å²) in [6.07, 6.45) is 2.42. The topological polar surface area (TPSA) is 60.5 Å². The lowest BCUT2D eigenvalue weighted by atomic mass is 10.1. The summed E-state index contributed by atoms with van der Waals surface area (Å²) >= 11 is 0.